The quantitative estimate of drug-likeness (QED) is 0.793. The molecule has 0 fully saturated rings. The van der Waals surface area contributed by atoms with Crippen molar-refractivity contribution in [3.63, 3.8) is 0 Å². The van der Waals surface area contributed by atoms with Crippen molar-refractivity contribution >= 4 is 17.6 Å². The van der Waals surface area contributed by atoms with Crippen LogP contribution in [0.15, 0.2) is 40.8 Å². The van der Waals surface area contributed by atoms with Gasteiger partial charge in [-0.25, -0.2) is 4.79 Å². The van der Waals surface area contributed by atoms with Gasteiger partial charge in [0.1, 0.15) is 5.76 Å². The Kier molecular flexibility index (Phi) is 4.82. The first-order valence-electron chi connectivity index (χ1n) is 6.19. The highest BCUT2D eigenvalue weighted by Gasteiger charge is 2.12. The van der Waals surface area contributed by atoms with E-state index in [1.807, 2.05) is 31.3 Å². The molecule has 0 saturated carbocycles. The third-order valence-corrected chi connectivity index (χ3v) is 3.24. The van der Waals surface area contributed by atoms with Crippen molar-refractivity contribution in [1.29, 1.82) is 0 Å². The Hall–Kier alpha value is -1.78. The minimum Gasteiger partial charge on any atom is -0.463 e. The molecule has 0 aliphatic carbocycles. The van der Waals surface area contributed by atoms with Gasteiger partial charge >= 0.3 is 5.97 Å². The van der Waals surface area contributed by atoms with Gasteiger partial charge in [-0.1, -0.05) is 29.8 Å². The molecule has 1 heterocycles. The van der Waals surface area contributed by atoms with E-state index in [9.17, 15) is 4.79 Å². The van der Waals surface area contributed by atoms with Gasteiger partial charge in [0.05, 0.1) is 13.7 Å². The van der Waals surface area contributed by atoms with Crippen LogP contribution < -0.4 is 0 Å². The lowest BCUT2D eigenvalue weighted by molar-refractivity contribution is 0.0561. The van der Waals surface area contributed by atoms with E-state index in [1.54, 1.807) is 12.1 Å². The van der Waals surface area contributed by atoms with Gasteiger partial charge in [0.2, 0.25) is 5.76 Å². The van der Waals surface area contributed by atoms with E-state index in [4.69, 9.17) is 16.0 Å². The second-order valence-corrected chi connectivity index (χ2v) is 4.93. The number of carbonyl (C=O) groups excluding carboxylic acids is 1. The zero-order valence-corrected chi connectivity index (χ0v) is 12.2. The van der Waals surface area contributed by atoms with Gasteiger partial charge in [0.15, 0.2) is 0 Å². The van der Waals surface area contributed by atoms with Gasteiger partial charge in [-0.2, -0.15) is 0 Å². The standard InChI is InChI=1S/C15H16ClNO3/c1-17(9-11-5-3-4-6-13(11)16)10-12-7-8-14(20-12)15(18)19-2/h3-8H,9-10H2,1-2H3. The average molecular weight is 294 g/mol. The molecule has 0 unspecified atom stereocenters. The molecule has 1 aromatic carbocycles. The SMILES string of the molecule is COC(=O)c1ccc(CN(C)Cc2ccccc2Cl)o1. The van der Waals surface area contributed by atoms with Crippen molar-refractivity contribution in [2.75, 3.05) is 14.2 Å². The van der Waals surface area contributed by atoms with Crippen LogP contribution in [0.2, 0.25) is 5.02 Å². The number of methoxy groups -OCH3 is 1. The fourth-order valence-electron chi connectivity index (χ4n) is 1.91. The summed E-state index contributed by atoms with van der Waals surface area (Å²) in [5, 5.41) is 0.744. The smallest absolute Gasteiger partial charge is 0.373 e. The minimum atomic E-state index is -0.468. The summed E-state index contributed by atoms with van der Waals surface area (Å²) in [6, 6.07) is 11.1. The second-order valence-electron chi connectivity index (χ2n) is 4.52. The lowest BCUT2D eigenvalue weighted by atomic mass is 10.2. The molecule has 5 heteroatoms. The maximum Gasteiger partial charge on any atom is 0.373 e. The Balaban J connectivity index is 1.98. The topological polar surface area (TPSA) is 42.7 Å². The summed E-state index contributed by atoms with van der Waals surface area (Å²) < 4.78 is 10.0. The Morgan fingerprint density at radius 1 is 1.25 bits per heavy atom. The molecule has 0 aliphatic heterocycles. The van der Waals surface area contributed by atoms with E-state index in [1.165, 1.54) is 7.11 Å². The number of furan rings is 1. The number of esters is 1. The monoisotopic (exact) mass is 293 g/mol. The zero-order chi connectivity index (χ0) is 14.5. The van der Waals surface area contributed by atoms with Crippen LogP contribution in [0.5, 0.6) is 0 Å². The summed E-state index contributed by atoms with van der Waals surface area (Å²) in [6.07, 6.45) is 0. The van der Waals surface area contributed by atoms with E-state index in [2.05, 4.69) is 9.64 Å². The second kappa shape index (κ2) is 6.59. The fourth-order valence-corrected chi connectivity index (χ4v) is 2.11. The summed E-state index contributed by atoms with van der Waals surface area (Å²) in [7, 11) is 3.29. The highest BCUT2D eigenvalue weighted by atomic mass is 35.5. The van der Waals surface area contributed by atoms with Crippen molar-refractivity contribution in [3.8, 4) is 0 Å². The molecule has 1 aromatic heterocycles. The van der Waals surface area contributed by atoms with Gasteiger partial charge in [0, 0.05) is 11.6 Å². The lowest BCUT2D eigenvalue weighted by Gasteiger charge is -2.15. The van der Waals surface area contributed by atoms with Crippen LogP contribution in [0.4, 0.5) is 0 Å². The molecular weight excluding hydrogens is 278 g/mol. The van der Waals surface area contributed by atoms with Crippen molar-refractivity contribution in [2.24, 2.45) is 0 Å². The van der Waals surface area contributed by atoms with E-state index >= 15 is 0 Å². The zero-order valence-electron chi connectivity index (χ0n) is 11.4. The van der Waals surface area contributed by atoms with E-state index in [-0.39, 0.29) is 5.76 Å². The first-order valence-corrected chi connectivity index (χ1v) is 6.57. The van der Waals surface area contributed by atoms with Crippen LogP contribution in [-0.4, -0.2) is 25.0 Å². The number of hydrogen-bond donors (Lipinski definition) is 0. The maximum absolute atomic E-state index is 11.3. The van der Waals surface area contributed by atoms with Crippen molar-refractivity contribution in [1.82, 2.24) is 4.90 Å². The fraction of sp³-hybridized carbons (Fsp3) is 0.267. The van der Waals surface area contributed by atoms with Gasteiger partial charge in [-0.05, 0) is 30.8 Å². The Bertz CT molecular complexity index is 594. The molecule has 106 valence electrons. The number of nitrogens with zero attached hydrogens (tertiary/aromatic N) is 1. The molecule has 0 atom stereocenters. The van der Waals surface area contributed by atoms with Crippen LogP contribution in [0.25, 0.3) is 0 Å². The predicted octanol–water partition coefficient (Wildman–Crippen LogP) is 3.35. The number of carbonyl (C=O) groups is 1. The van der Waals surface area contributed by atoms with Crippen molar-refractivity contribution in [3.05, 3.63) is 58.5 Å². The number of rotatable bonds is 5. The molecule has 20 heavy (non-hydrogen) atoms. The molecule has 0 aliphatic rings. The first-order chi connectivity index (χ1) is 9.60. The average Bonchev–Trinajstić information content (AvgIpc) is 2.89. The number of ether oxygens (including phenoxy) is 1. The van der Waals surface area contributed by atoms with Gasteiger partial charge in [-0.15, -0.1) is 0 Å². The summed E-state index contributed by atoms with van der Waals surface area (Å²) in [5.74, 6) is 0.457. The number of benzene rings is 1. The summed E-state index contributed by atoms with van der Waals surface area (Å²) in [5.41, 5.74) is 1.05. The van der Waals surface area contributed by atoms with Crippen LogP contribution >= 0.6 is 11.6 Å². The minimum absolute atomic E-state index is 0.216. The number of halogens is 1. The van der Waals surface area contributed by atoms with Gasteiger partial charge < -0.3 is 9.15 Å². The predicted molar refractivity (Wildman–Crippen MR) is 76.7 cm³/mol. The van der Waals surface area contributed by atoms with Crippen LogP contribution in [-0.2, 0) is 17.8 Å². The van der Waals surface area contributed by atoms with Crippen molar-refractivity contribution in [2.45, 2.75) is 13.1 Å². The third kappa shape index (κ3) is 3.62. The largest absolute Gasteiger partial charge is 0.463 e. The van der Waals surface area contributed by atoms with Crippen LogP contribution in [0, 0.1) is 0 Å². The van der Waals surface area contributed by atoms with E-state index in [0.717, 1.165) is 10.6 Å². The molecule has 4 nitrogen and oxygen atoms in total. The highest BCUT2D eigenvalue weighted by Crippen LogP contribution is 2.18. The highest BCUT2D eigenvalue weighted by molar-refractivity contribution is 6.31. The third-order valence-electron chi connectivity index (χ3n) is 2.87. The van der Waals surface area contributed by atoms with E-state index < -0.39 is 5.97 Å². The molecule has 0 N–H and O–H groups in total. The molecule has 0 saturated heterocycles. The Morgan fingerprint density at radius 2 is 2.00 bits per heavy atom. The molecule has 2 aromatic rings. The molecular formula is C15H16ClNO3. The Labute approximate surface area is 122 Å². The van der Waals surface area contributed by atoms with Crippen molar-refractivity contribution < 1.29 is 13.9 Å². The molecule has 0 amide bonds. The normalized spacial score (nSPS) is 10.8. The first kappa shape index (κ1) is 14.6. The molecule has 0 spiro atoms. The maximum atomic E-state index is 11.3. The number of hydrogen-bond acceptors (Lipinski definition) is 4. The molecule has 0 bridgehead atoms. The van der Waals surface area contributed by atoms with Crippen LogP contribution in [0.1, 0.15) is 21.9 Å². The molecule has 2 rings (SSSR count). The van der Waals surface area contributed by atoms with E-state index in [0.29, 0.717) is 18.8 Å². The summed E-state index contributed by atoms with van der Waals surface area (Å²) in [6.45, 7) is 1.29. The summed E-state index contributed by atoms with van der Waals surface area (Å²) in [4.78, 5) is 13.4. The lowest BCUT2D eigenvalue weighted by Crippen LogP contribution is -2.17. The molecule has 0 radical (unpaired) electrons. The summed E-state index contributed by atoms with van der Waals surface area (Å²) >= 11 is 6.12. The Morgan fingerprint density at radius 3 is 2.70 bits per heavy atom. The van der Waals surface area contributed by atoms with Gasteiger partial charge in [-0.3, -0.25) is 4.90 Å². The van der Waals surface area contributed by atoms with Gasteiger partial charge in [0.25, 0.3) is 0 Å². The van der Waals surface area contributed by atoms with Crippen LogP contribution in [0.3, 0.4) is 0 Å².